The summed E-state index contributed by atoms with van der Waals surface area (Å²) in [6, 6.07) is 0. The Morgan fingerprint density at radius 1 is 1.67 bits per heavy atom. The number of thioether (sulfide) groups is 1. The molecule has 0 saturated carbocycles. The molecule has 0 amide bonds. The Hall–Kier alpha value is -0.600. The van der Waals surface area contributed by atoms with Crippen LogP contribution >= 0.6 is 23.3 Å². The number of nitrogens with one attached hydrogen (secondary N) is 1. The van der Waals surface area contributed by atoms with Crippen molar-refractivity contribution in [2.75, 3.05) is 23.9 Å². The number of aliphatic hydroxyl groups excluding tert-OH is 1. The van der Waals surface area contributed by atoms with Crippen molar-refractivity contribution in [3.8, 4) is 0 Å². The summed E-state index contributed by atoms with van der Waals surface area (Å²) >= 11 is 2.47. The molecule has 0 radical (unpaired) electrons. The molecule has 8 heteroatoms. The van der Waals surface area contributed by atoms with Gasteiger partial charge in [0.15, 0.2) is 5.82 Å². The number of halogens is 2. The van der Waals surface area contributed by atoms with Crippen LogP contribution in [0.5, 0.6) is 0 Å². The summed E-state index contributed by atoms with van der Waals surface area (Å²) in [4.78, 5) is 0.724. The number of hydrogen-bond acceptors (Lipinski definition) is 6. The average molecular weight is 255 g/mol. The maximum atomic E-state index is 12.0. The monoisotopic (exact) mass is 255 g/mol. The highest BCUT2D eigenvalue weighted by molar-refractivity contribution is 7.99. The Morgan fingerprint density at radius 2 is 2.33 bits per heavy atom. The van der Waals surface area contributed by atoms with Crippen molar-refractivity contribution in [1.29, 1.82) is 0 Å². The first-order valence-corrected chi connectivity index (χ1v) is 6.05. The van der Waals surface area contributed by atoms with Gasteiger partial charge in [-0.1, -0.05) is 0 Å². The van der Waals surface area contributed by atoms with E-state index in [9.17, 15) is 8.78 Å². The molecule has 0 fully saturated rings. The van der Waals surface area contributed by atoms with Gasteiger partial charge in [0.2, 0.25) is 0 Å². The van der Waals surface area contributed by atoms with E-state index in [1.807, 2.05) is 6.26 Å². The first kappa shape index (κ1) is 12.5. The standard InChI is InChI=1S/C7H11F2N3OS2/c1-14-4-6(10)12-15-7(4)11-2-3(13)5(8)9/h3,5,11,13H,2H2,1H3,(H2,10,12). The number of rotatable bonds is 5. The van der Waals surface area contributed by atoms with Crippen LogP contribution in [0.15, 0.2) is 4.90 Å². The predicted molar refractivity (Wildman–Crippen MR) is 58.8 cm³/mol. The molecule has 4 N–H and O–H groups in total. The molecule has 0 aliphatic rings. The smallest absolute Gasteiger partial charge is 0.265 e. The number of nitrogens with two attached hydrogens (primary N) is 1. The van der Waals surface area contributed by atoms with Crippen LogP contribution in [0.1, 0.15) is 0 Å². The fourth-order valence-corrected chi connectivity index (χ4v) is 2.44. The number of nitrogens with zero attached hydrogens (tertiary/aromatic N) is 1. The van der Waals surface area contributed by atoms with E-state index in [0.717, 1.165) is 16.4 Å². The molecule has 1 aromatic heterocycles. The molecule has 1 aromatic rings. The predicted octanol–water partition coefficient (Wildman–Crippen LogP) is 1.49. The molecule has 86 valence electrons. The zero-order valence-electron chi connectivity index (χ0n) is 7.91. The van der Waals surface area contributed by atoms with Crippen LogP contribution in [-0.2, 0) is 0 Å². The van der Waals surface area contributed by atoms with Crippen LogP contribution in [0, 0.1) is 0 Å². The van der Waals surface area contributed by atoms with E-state index in [1.54, 1.807) is 0 Å². The van der Waals surface area contributed by atoms with Crippen molar-refractivity contribution in [1.82, 2.24) is 4.37 Å². The zero-order valence-corrected chi connectivity index (χ0v) is 9.54. The van der Waals surface area contributed by atoms with E-state index in [1.165, 1.54) is 11.8 Å². The summed E-state index contributed by atoms with van der Waals surface area (Å²) in [5.41, 5.74) is 5.55. The lowest BCUT2D eigenvalue weighted by atomic mass is 10.4. The molecule has 0 bridgehead atoms. The van der Waals surface area contributed by atoms with Crippen molar-refractivity contribution in [3.63, 3.8) is 0 Å². The van der Waals surface area contributed by atoms with Gasteiger partial charge in [0.05, 0.1) is 4.90 Å². The fraction of sp³-hybridized carbons (Fsp3) is 0.571. The second-order valence-electron chi connectivity index (χ2n) is 2.71. The Bertz CT molecular complexity index is 321. The molecule has 4 nitrogen and oxygen atoms in total. The third kappa shape index (κ3) is 3.18. The van der Waals surface area contributed by atoms with E-state index in [4.69, 9.17) is 10.8 Å². The lowest BCUT2D eigenvalue weighted by Gasteiger charge is -2.10. The molecule has 1 atom stereocenters. The van der Waals surface area contributed by atoms with Gasteiger partial charge in [-0.3, -0.25) is 0 Å². The third-order valence-corrected chi connectivity index (χ3v) is 3.41. The Balaban J connectivity index is 2.57. The molecule has 0 spiro atoms. The van der Waals surface area contributed by atoms with Gasteiger partial charge < -0.3 is 16.2 Å². The van der Waals surface area contributed by atoms with Crippen LogP contribution in [0.4, 0.5) is 19.6 Å². The Morgan fingerprint density at radius 3 is 2.87 bits per heavy atom. The molecule has 1 rings (SSSR count). The highest BCUT2D eigenvalue weighted by atomic mass is 32.2. The van der Waals surface area contributed by atoms with Crippen LogP contribution in [0.2, 0.25) is 0 Å². The lowest BCUT2D eigenvalue weighted by molar-refractivity contribution is 0.00386. The van der Waals surface area contributed by atoms with E-state index in [0.29, 0.717) is 10.8 Å². The average Bonchev–Trinajstić information content (AvgIpc) is 2.55. The molecule has 0 aromatic carbocycles. The van der Waals surface area contributed by atoms with E-state index in [2.05, 4.69) is 9.69 Å². The number of anilines is 2. The molecule has 1 heterocycles. The molecule has 1 unspecified atom stereocenters. The first-order valence-electron chi connectivity index (χ1n) is 4.05. The molecular weight excluding hydrogens is 244 g/mol. The van der Waals surface area contributed by atoms with Gasteiger partial charge >= 0.3 is 0 Å². The largest absolute Gasteiger partial charge is 0.385 e. The van der Waals surface area contributed by atoms with Crippen LogP contribution in [0.25, 0.3) is 0 Å². The number of aliphatic hydroxyl groups is 1. The minimum absolute atomic E-state index is 0.215. The fourth-order valence-electron chi connectivity index (χ4n) is 0.890. The Labute approximate surface area is 94.0 Å². The van der Waals surface area contributed by atoms with Crippen LogP contribution < -0.4 is 11.1 Å². The molecular formula is C7H11F2N3OS2. The van der Waals surface area contributed by atoms with Crippen LogP contribution in [-0.4, -0.2) is 34.8 Å². The first-order chi connectivity index (χ1) is 7.06. The highest BCUT2D eigenvalue weighted by Gasteiger charge is 2.18. The topological polar surface area (TPSA) is 71.2 Å². The number of alkyl halides is 2. The second kappa shape index (κ2) is 5.47. The number of aromatic nitrogens is 1. The zero-order chi connectivity index (χ0) is 11.4. The highest BCUT2D eigenvalue weighted by Crippen LogP contribution is 2.34. The summed E-state index contributed by atoms with van der Waals surface area (Å²) in [5.74, 6) is 0.376. The third-order valence-electron chi connectivity index (χ3n) is 1.64. The van der Waals surface area contributed by atoms with Crippen molar-refractivity contribution >= 4 is 34.1 Å². The van der Waals surface area contributed by atoms with Gasteiger partial charge in [-0.2, -0.15) is 4.37 Å². The van der Waals surface area contributed by atoms with E-state index >= 15 is 0 Å². The second-order valence-corrected chi connectivity index (χ2v) is 4.30. The molecule has 15 heavy (non-hydrogen) atoms. The lowest BCUT2D eigenvalue weighted by Crippen LogP contribution is -2.26. The maximum absolute atomic E-state index is 12.0. The van der Waals surface area contributed by atoms with Crippen molar-refractivity contribution < 1.29 is 13.9 Å². The van der Waals surface area contributed by atoms with Gasteiger partial charge in [0, 0.05) is 6.54 Å². The Kier molecular flexibility index (Phi) is 4.55. The summed E-state index contributed by atoms with van der Waals surface area (Å²) in [5, 5.41) is 12.2. The number of nitrogen functional groups attached to an aromatic ring is 1. The summed E-state index contributed by atoms with van der Waals surface area (Å²) in [6.45, 7) is -0.215. The maximum Gasteiger partial charge on any atom is 0.265 e. The van der Waals surface area contributed by atoms with Gasteiger partial charge in [-0.05, 0) is 17.8 Å². The summed E-state index contributed by atoms with van der Waals surface area (Å²) in [6.07, 6.45) is -2.61. The van der Waals surface area contributed by atoms with Gasteiger partial charge in [0.1, 0.15) is 11.1 Å². The SMILES string of the molecule is CSc1c(N)nsc1NCC(O)C(F)F. The molecule has 0 aliphatic carbocycles. The molecule has 0 aliphatic heterocycles. The van der Waals surface area contributed by atoms with Gasteiger partial charge in [-0.15, -0.1) is 11.8 Å². The van der Waals surface area contributed by atoms with E-state index in [-0.39, 0.29) is 6.54 Å². The van der Waals surface area contributed by atoms with Crippen molar-refractivity contribution in [2.24, 2.45) is 0 Å². The van der Waals surface area contributed by atoms with Crippen LogP contribution in [0.3, 0.4) is 0 Å². The quantitative estimate of drug-likeness (QED) is 0.695. The van der Waals surface area contributed by atoms with Gasteiger partial charge in [0.25, 0.3) is 6.43 Å². The number of hydrogen-bond donors (Lipinski definition) is 3. The van der Waals surface area contributed by atoms with Gasteiger partial charge in [-0.25, -0.2) is 8.78 Å². The summed E-state index contributed by atoms with van der Waals surface area (Å²) < 4.78 is 27.9. The van der Waals surface area contributed by atoms with Crippen molar-refractivity contribution in [3.05, 3.63) is 0 Å². The minimum Gasteiger partial charge on any atom is -0.385 e. The normalized spacial score (nSPS) is 13.1. The van der Waals surface area contributed by atoms with Crippen molar-refractivity contribution in [2.45, 2.75) is 17.4 Å². The molecule has 0 saturated heterocycles. The minimum atomic E-state index is -2.75. The van der Waals surface area contributed by atoms with E-state index < -0.39 is 12.5 Å². The summed E-state index contributed by atoms with van der Waals surface area (Å²) in [7, 11) is 0.